The minimum absolute atomic E-state index is 0.291. The molecule has 8 nitrogen and oxygen atoms in total. The van der Waals surface area contributed by atoms with E-state index in [0.29, 0.717) is 28.6 Å². The Bertz CT molecular complexity index is 986. The van der Waals surface area contributed by atoms with E-state index in [1.165, 1.54) is 30.1 Å². The summed E-state index contributed by atoms with van der Waals surface area (Å²) in [6, 6.07) is 8.27. The van der Waals surface area contributed by atoms with E-state index < -0.39 is 5.97 Å². The molecule has 3 rings (SSSR count). The summed E-state index contributed by atoms with van der Waals surface area (Å²) in [7, 11) is 1.53. The van der Waals surface area contributed by atoms with E-state index in [-0.39, 0.29) is 5.56 Å². The Hall–Kier alpha value is -3.42. The summed E-state index contributed by atoms with van der Waals surface area (Å²) in [6.45, 7) is 3.75. The van der Waals surface area contributed by atoms with Gasteiger partial charge in [-0.1, -0.05) is 13.0 Å². The quantitative estimate of drug-likeness (QED) is 0.556. The van der Waals surface area contributed by atoms with Crippen LogP contribution in [0.3, 0.4) is 0 Å². The molecule has 0 atom stereocenters. The van der Waals surface area contributed by atoms with E-state index >= 15 is 0 Å². The number of hydrogen-bond donors (Lipinski definition) is 1. The Morgan fingerprint density at radius 3 is 2.69 bits per heavy atom. The molecule has 2 heterocycles. The van der Waals surface area contributed by atoms with Crippen LogP contribution >= 0.6 is 0 Å². The van der Waals surface area contributed by atoms with Crippen molar-refractivity contribution in [1.82, 2.24) is 20.0 Å². The minimum atomic E-state index is -0.555. The number of nitrogens with one attached hydrogen (secondary N) is 1. The molecule has 2 aromatic heterocycles. The number of rotatable bonds is 5. The number of esters is 1. The molecule has 0 aliphatic carbocycles. The second-order valence-corrected chi connectivity index (χ2v) is 5.56. The fraction of sp³-hybridized carbons (Fsp3) is 0.222. The van der Waals surface area contributed by atoms with Gasteiger partial charge in [0.05, 0.1) is 19.0 Å². The first-order chi connectivity index (χ1) is 12.5. The number of carbonyl (C=O) groups is 1. The van der Waals surface area contributed by atoms with Crippen molar-refractivity contribution >= 4 is 5.97 Å². The summed E-state index contributed by atoms with van der Waals surface area (Å²) in [4.78, 5) is 23.7. The van der Waals surface area contributed by atoms with Gasteiger partial charge in [-0.05, 0) is 37.1 Å². The van der Waals surface area contributed by atoms with Gasteiger partial charge in [0.25, 0.3) is 5.56 Å². The SMILES string of the molecule is CCc1ccc(OC(=O)c2cnn(-c3ccc(=O)[nH]n3)c2C)c(OC)c1. The van der Waals surface area contributed by atoms with Gasteiger partial charge < -0.3 is 9.47 Å². The number of aromatic nitrogens is 4. The zero-order chi connectivity index (χ0) is 18.7. The zero-order valence-corrected chi connectivity index (χ0v) is 14.6. The van der Waals surface area contributed by atoms with Gasteiger partial charge in [-0.3, -0.25) is 4.79 Å². The number of nitrogens with zero attached hydrogens (tertiary/aromatic N) is 3. The maximum absolute atomic E-state index is 12.5. The predicted molar refractivity (Wildman–Crippen MR) is 94.0 cm³/mol. The monoisotopic (exact) mass is 354 g/mol. The summed E-state index contributed by atoms with van der Waals surface area (Å²) in [5.41, 5.74) is 1.59. The normalized spacial score (nSPS) is 10.6. The number of aryl methyl sites for hydroxylation is 1. The third-order valence-corrected chi connectivity index (χ3v) is 3.95. The van der Waals surface area contributed by atoms with Gasteiger partial charge in [0.15, 0.2) is 17.3 Å². The van der Waals surface area contributed by atoms with Crippen molar-refractivity contribution in [1.29, 1.82) is 0 Å². The lowest BCUT2D eigenvalue weighted by Gasteiger charge is -2.10. The molecular formula is C18H18N4O4. The van der Waals surface area contributed by atoms with Crippen molar-refractivity contribution in [2.24, 2.45) is 0 Å². The Morgan fingerprint density at radius 1 is 1.23 bits per heavy atom. The first kappa shape index (κ1) is 17.4. The molecule has 0 amide bonds. The molecule has 0 bridgehead atoms. The molecule has 0 saturated heterocycles. The lowest BCUT2D eigenvalue weighted by Crippen LogP contribution is -2.13. The summed E-state index contributed by atoms with van der Waals surface area (Å²) in [6.07, 6.45) is 2.25. The van der Waals surface area contributed by atoms with Crippen LogP contribution in [0.2, 0.25) is 0 Å². The van der Waals surface area contributed by atoms with Crippen molar-refractivity contribution in [2.45, 2.75) is 20.3 Å². The van der Waals surface area contributed by atoms with Gasteiger partial charge in [-0.2, -0.15) is 10.2 Å². The molecule has 0 spiro atoms. The maximum Gasteiger partial charge on any atom is 0.347 e. The Labute approximate surface area is 149 Å². The number of hydrogen-bond acceptors (Lipinski definition) is 6. The Kier molecular flexibility index (Phi) is 4.83. The summed E-state index contributed by atoms with van der Waals surface area (Å²) < 4.78 is 12.2. The molecular weight excluding hydrogens is 336 g/mol. The van der Waals surface area contributed by atoms with Crippen LogP contribution in [0.1, 0.15) is 28.5 Å². The smallest absolute Gasteiger partial charge is 0.347 e. The Morgan fingerprint density at radius 2 is 2.04 bits per heavy atom. The lowest BCUT2D eigenvalue weighted by molar-refractivity contribution is 0.0729. The van der Waals surface area contributed by atoms with E-state index in [2.05, 4.69) is 15.3 Å². The van der Waals surface area contributed by atoms with Crippen LogP contribution < -0.4 is 15.0 Å². The van der Waals surface area contributed by atoms with Crippen LogP contribution in [-0.2, 0) is 6.42 Å². The number of benzene rings is 1. The van der Waals surface area contributed by atoms with E-state index in [1.54, 1.807) is 13.0 Å². The van der Waals surface area contributed by atoms with Gasteiger partial charge in [0, 0.05) is 6.07 Å². The maximum atomic E-state index is 12.5. The van der Waals surface area contributed by atoms with Crippen LogP contribution in [0.25, 0.3) is 5.82 Å². The number of H-pyrrole nitrogens is 1. The van der Waals surface area contributed by atoms with Crippen LogP contribution in [0, 0.1) is 6.92 Å². The standard InChI is InChI=1S/C18H18N4O4/c1-4-12-5-6-14(15(9-12)25-3)26-18(24)13-10-19-22(11(13)2)16-7-8-17(23)21-20-16/h5-10H,4H2,1-3H3,(H,21,23). The molecule has 0 radical (unpaired) electrons. The fourth-order valence-corrected chi connectivity index (χ4v) is 2.47. The highest BCUT2D eigenvalue weighted by atomic mass is 16.6. The minimum Gasteiger partial charge on any atom is -0.493 e. The lowest BCUT2D eigenvalue weighted by atomic mass is 10.1. The highest BCUT2D eigenvalue weighted by Crippen LogP contribution is 2.29. The third-order valence-electron chi connectivity index (χ3n) is 3.95. The molecule has 0 saturated carbocycles. The van der Waals surface area contributed by atoms with Crippen molar-refractivity contribution in [3.8, 4) is 17.3 Å². The number of aromatic amines is 1. The molecule has 0 fully saturated rings. The molecule has 0 aliphatic rings. The highest BCUT2D eigenvalue weighted by Gasteiger charge is 2.19. The highest BCUT2D eigenvalue weighted by molar-refractivity contribution is 5.92. The van der Waals surface area contributed by atoms with Crippen LogP contribution in [0.4, 0.5) is 0 Å². The molecule has 8 heteroatoms. The molecule has 1 N–H and O–H groups in total. The molecule has 26 heavy (non-hydrogen) atoms. The summed E-state index contributed by atoms with van der Waals surface area (Å²) in [5, 5.41) is 10.4. The van der Waals surface area contributed by atoms with Crippen molar-refractivity contribution < 1.29 is 14.3 Å². The van der Waals surface area contributed by atoms with E-state index in [9.17, 15) is 9.59 Å². The van der Waals surface area contributed by atoms with Gasteiger partial charge in [0.1, 0.15) is 5.56 Å². The van der Waals surface area contributed by atoms with Crippen molar-refractivity contribution in [2.75, 3.05) is 7.11 Å². The zero-order valence-electron chi connectivity index (χ0n) is 14.6. The fourth-order valence-electron chi connectivity index (χ4n) is 2.47. The third kappa shape index (κ3) is 3.34. The molecule has 0 aliphatic heterocycles. The molecule has 3 aromatic rings. The van der Waals surface area contributed by atoms with Gasteiger partial charge in [-0.15, -0.1) is 0 Å². The molecule has 134 valence electrons. The van der Waals surface area contributed by atoms with Gasteiger partial charge in [0.2, 0.25) is 0 Å². The van der Waals surface area contributed by atoms with Crippen LogP contribution in [0.15, 0.2) is 41.3 Å². The van der Waals surface area contributed by atoms with E-state index in [1.807, 2.05) is 19.1 Å². The van der Waals surface area contributed by atoms with Gasteiger partial charge >= 0.3 is 5.97 Å². The average Bonchev–Trinajstić information content (AvgIpc) is 3.04. The summed E-state index contributed by atoms with van der Waals surface area (Å²) in [5.74, 6) is 0.667. The topological polar surface area (TPSA) is 99.1 Å². The first-order valence-electron chi connectivity index (χ1n) is 8.03. The Balaban J connectivity index is 1.87. The number of carbonyl (C=O) groups excluding carboxylic acids is 1. The summed E-state index contributed by atoms with van der Waals surface area (Å²) >= 11 is 0. The second-order valence-electron chi connectivity index (χ2n) is 5.56. The first-order valence-corrected chi connectivity index (χ1v) is 8.03. The molecule has 0 unspecified atom stereocenters. The van der Waals surface area contributed by atoms with Crippen molar-refractivity contribution in [3.05, 3.63) is 63.7 Å². The van der Waals surface area contributed by atoms with Crippen LogP contribution in [0.5, 0.6) is 11.5 Å². The van der Waals surface area contributed by atoms with Crippen molar-refractivity contribution in [3.63, 3.8) is 0 Å². The van der Waals surface area contributed by atoms with Crippen LogP contribution in [-0.4, -0.2) is 33.1 Å². The van der Waals surface area contributed by atoms with E-state index in [4.69, 9.17) is 9.47 Å². The second kappa shape index (κ2) is 7.22. The number of methoxy groups -OCH3 is 1. The predicted octanol–water partition coefficient (Wildman–Crippen LogP) is 2.05. The largest absolute Gasteiger partial charge is 0.493 e. The van der Waals surface area contributed by atoms with Gasteiger partial charge in [-0.25, -0.2) is 14.6 Å². The number of ether oxygens (including phenoxy) is 2. The average molecular weight is 354 g/mol. The van der Waals surface area contributed by atoms with E-state index in [0.717, 1.165) is 12.0 Å². The molecule has 1 aromatic carbocycles.